The van der Waals surface area contributed by atoms with Crippen molar-refractivity contribution in [3.05, 3.63) is 35.4 Å². The van der Waals surface area contributed by atoms with Gasteiger partial charge in [-0.25, -0.2) is 0 Å². The molecule has 0 radical (unpaired) electrons. The summed E-state index contributed by atoms with van der Waals surface area (Å²) >= 11 is 0. The van der Waals surface area contributed by atoms with E-state index in [4.69, 9.17) is 10.1 Å². The molecule has 2 heterocycles. The molecule has 1 atom stereocenters. The molecule has 3 heteroatoms. The Hall–Kier alpha value is -1.35. The normalized spacial score (nSPS) is 23.9. The third-order valence-electron chi connectivity index (χ3n) is 3.65. The first kappa shape index (κ1) is 10.8. The number of amidine groups is 1. The van der Waals surface area contributed by atoms with E-state index in [-0.39, 0.29) is 0 Å². The van der Waals surface area contributed by atoms with Gasteiger partial charge in [0.2, 0.25) is 0 Å². The Bertz CT molecular complexity index is 424. The second-order valence-electron chi connectivity index (χ2n) is 4.87. The first-order valence-electron chi connectivity index (χ1n) is 6.38. The minimum absolute atomic E-state index is 0.318. The number of nitrogens with zero attached hydrogens (tertiary/aromatic N) is 1. The van der Waals surface area contributed by atoms with E-state index in [0.717, 1.165) is 31.7 Å². The highest BCUT2D eigenvalue weighted by atomic mass is 16.5. The fourth-order valence-corrected chi connectivity index (χ4v) is 2.70. The molecule has 0 aromatic heterocycles. The van der Waals surface area contributed by atoms with E-state index in [0.29, 0.717) is 11.9 Å². The van der Waals surface area contributed by atoms with Crippen LogP contribution in [0.3, 0.4) is 0 Å². The zero-order valence-electron chi connectivity index (χ0n) is 9.98. The fraction of sp³-hybridized carbons (Fsp3) is 0.500. The zero-order valence-corrected chi connectivity index (χ0v) is 9.98. The summed E-state index contributed by atoms with van der Waals surface area (Å²) in [4.78, 5) is 2.14. The highest BCUT2D eigenvalue weighted by molar-refractivity contribution is 6.00. The summed E-state index contributed by atoms with van der Waals surface area (Å²) in [6.45, 7) is 2.63. The first-order valence-corrected chi connectivity index (χ1v) is 6.38. The van der Waals surface area contributed by atoms with E-state index >= 15 is 0 Å². The number of nitrogens with one attached hydrogen (secondary N) is 1. The molecule has 0 bridgehead atoms. The maximum Gasteiger partial charge on any atom is 0.128 e. The molecule has 17 heavy (non-hydrogen) atoms. The first-order chi connectivity index (χ1) is 8.34. The smallest absolute Gasteiger partial charge is 0.128 e. The Morgan fingerprint density at radius 1 is 1.29 bits per heavy atom. The summed E-state index contributed by atoms with van der Waals surface area (Å²) < 4.78 is 5.75. The minimum atomic E-state index is 0.318. The van der Waals surface area contributed by atoms with Gasteiger partial charge in [0.25, 0.3) is 0 Å². The van der Waals surface area contributed by atoms with Crippen LogP contribution in [0.25, 0.3) is 0 Å². The van der Waals surface area contributed by atoms with Crippen molar-refractivity contribution in [1.82, 2.24) is 4.90 Å². The van der Waals surface area contributed by atoms with Crippen molar-refractivity contribution in [2.24, 2.45) is 0 Å². The summed E-state index contributed by atoms with van der Waals surface area (Å²) in [6.07, 6.45) is 3.91. The molecule has 1 fully saturated rings. The number of hydrogen-bond donors (Lipinski definition) is 1. The van der Waals surface area contributed by atoms with Crippen LogP contribution in [0.15, 0.2) is 24.3 Å². The Kier molecular flexibility index (Phi) is 2.85. The molecule has 90 valence electrons. The van der Waals surface area contributed by atoms with Gasteiger partial charge in [0.05, 0.1) is 6.10 Å². The predicted molar refractivity (Wildman–Crippen MR) is 67.3 cm³/mol. The molecule has 1 aromatic carbocycles. The van der Waals surface area contributed by atoms with Crippen LogP contribution >= 0.6 is 0 Å². The van der Waals surface area contributed by atoms with Gasteiger partial charge in [-0.15, -0.1) is 0 Å². The zero-order chi connectivity index (χ0) is 11.7. The van der Waals surface area contributed by atoms with Crippen molar-refractivity contribution in [2.75, 3.05) is 13.2 Å². The summed E-state index contributed by atoms with van der Waals surface area (Å²) in [5.41, 5.74) is 2.36. The molecule has 1 unspecified atom stereocenters. The van der Waals surface area contributed by atoms with E-state index in [1.54, 1.807) is 0 Å². The molecule has 2 aliphatic heterocycles. The molecule has 1 N–H and O–H groups in total. The quantitative estimate of drug-likeness (QED) is 0.847. The third kappa shape index (κ3) is 2.07. The van der Waals surface area contributed by atoms with Crippen LogP contribution < -0.4 is 0 Å². The van der Waals surface area contributed by atoms with Crippen LogP contribution in [0.5, 0.6) is 0 Å². The predicted octanol–water partition coefficient (Wildman–Crippen LogP) is 2.40. The van der Waals surface area contributed by atoms with Crippen molar-refractivity contribution in [2.45, 2.75) is 31.9 Å². The molecular weight excluding hydrogens is 212 g/mol. The van der Waals surface area contributed by atoms with Gasteiger partial charge in [-0.2, -0.15) is 0 Å². The van der Waals surface area contributed by atoms with Crippen LogP contribution in [0.2, 0.25) is 0 Å². The average molecular weight is 230 g/mol. The lowest BCUT2D eigenvalue weighted by Gasteiger charge is -2.28. The number of hydrogen-bond acceptors (Lipinski definition) is 2. The second kappa shape index (κ2) is 4.49. The molecule has 3 rings (SSSR count). The number of ether oxygens (including phenoxy) is 1. The van der Waals surface area contributed by atoms with E-state index in [1.165, 1.54) is 18.4 Å². The maximum absolute atomic E-state index is 8.18. The van der Waals surface area contributed by atoms with E-state index in [2.05, 4.69) is 11.0 Å². The second-order valence-corrected chi connectivity index (χ2v) is 4.87. The molecule has 1 saturated heterocycles. The van der Waals surface area contributed by atoms with Crippen molar-refractivity contribution in [1.29, 1.82) is 5.41 Å². The largest absolute Gasteiger partial charge is 0.376 e. The molecule has 0 aliphatic carbocycles. The van der Waals surface area contributed by atoms with Crippen LogP contribution in [0.4, 0.5) is 0 Å². The van der Waals surface area contributed by atoms with Crippen molar-refractivity contribution >= 4 is 5.84 Å². The summed E-state index contributed by atoms with van der Waals surface area (Å²) in [5.74, 6) is 0.662. The summed E-state index contributed by atoms with van der Waals surface area (Å²) in [7, 11) is 0. The fourth-order valence-electron chi connectivity index (χ4n) is 2.70. The minimum Gasteiger partial charge on any atom is -0.376 e. The highest BCUT2D eigenvalue weighted by Gasteiger charge is 2.26. The van der Waals surface area contributed by atoms with Crippen LogP contribution in [0.1, 0.15) is 30.4 Å². The lowest BCUT2D eigenvalue weighted by molar-refractivity contribution is 0.00430. The molecule has 1 aromatic rings. The molecule has 0 amide bonds. The van der Waals surface area contributed by atoms with E-state index < -0.39 is 0 Å². The monoisotopic (exact) mass is 230 g/mol. The summed E-state index contributed by atoms with van der Waals surface area (Å²) in [5, 5.41) is 8.18. The van der Waals surface area contributed by atoms with Crippen molar-refractivity contribution in [3.63, 3.8) is 0 Å². The Labute approximate surface area is 102 Å². The van der Waals surface area contributed by atoms with Gasteiger partial charge in [0.15, 0.2) is 0 Å². The van der Waals surface area contributed by atoms with Gasteiger partial charge in [-0.05, 0) is 24.8 Å². The van der Waals surface area contributed by atoms with Gasteiger partial charge in [-0.3, -0.25) is 5.41 Å². The van der Waals surface area contributed by atoms with Crippen LogP contribution in [-0.4, -0.2) is 30.0 Å². The van der Waals surface area contributed by atoms with Crippen molar-refractivity contribution < 1.29 is 4.74 Å². The Balaban J connectivity index is 1.69. The van der Waals surface area contributed by atoms with Crippen LogP contribution in [0, 0.1) is 5.41 Å². The standard InChI is InChI=1S/C14H18N2O/c15-14-13-7-2-1-5-11(13)9-16(14)10-12-6-3-4-8-17-12/h1-2,5,7,12,15H,3-4,6,8-10H2. The van der Waals surface area contributed by atoms with Gasteiger partial charge in [0.1, 0.15) is 5.84 Å². The summed E-state index contributed by atoms with van der Waals surface area (Å²) in [6, 6.07) is 8.21. The van der Waals surface area contributed by atoms with Gasteiger partial charge in [-0.1, -0.05) is 24.3 Å². The molecule has 3 nitrogen and oxygen atoms in total. The lowest BCUT2D eigenvalue weighted by Crippen LogP contribution is -2.35. The van der Waals surface area contributed by atoms with E-state index in [9.17, 15) is 0 Å². The van der Waals surface area contributed by atoms with Gasteiger partial charge in [0, 0.05) is 25.3 Å². The maximum atomic E-state index is 8.18. The van der Waals surface area contributed by atoms with Gasteiger partial charge < -0.3 is 9.64 Å². The Morgan fingerprint density at radius 2 is 2.18 bits per heavy atom. The SMILES string of the molecule is N=C1c2ccccc2CN1CC1CCCCO1. The Morgan fingerprint density at radius 3 is 2.94 bits per heavy atom. The number of rotatable bonds is 2. The molecule has 0 spiro atoms. The molecule has 0 saturated carbocycles. The lowest BCUT2D eigenvalue weighted by atomic mass is 10.1. The van der Waals surface area contributed by atoms with Crippen LogP contribution in [-0.2, 0) is 11.3 Å². The molecular formula is C14H18N2O. The van der Waals surface area contributed by atoms with Gasteiger partial charge >= 0.3 is 0 Å². The number of fused-ring (bicyclic) bond motifs is 1. The highest BCUT2D eigenvalue weighted by Crippen LogP contribution is 2.24. The molecule has 2 aliphatic rings. The van der Waals surface area contributed by atoms with E-state index in [1.807, 2.05) is 18.2 Å². The average Bonchev–Trinajstić information content (AvgIpc) is 2.68. The topological polar surface area (TPSA) is 36.3 Å². The van der Waals surface area contributed by atoms with Crippen molar-refractivity contribution in [3.8, 4) is 0 Å². The third-order valence-corrected chi connectivity index (χ3v) is 3.65. The number of benzene rings is 1.